The van der Waals surface area contributed by atoms with E-state index in [1.54, 1.807) is 12.1 Å². The van der Waals surface area contributed by atoms with Gasteiger partial charge >= 0.3 is 0 Å². The van der Waals surface area contributed by atoms with Crippen LogP contribution in [0.25, 0.3) is 0 Å². The Balaban J connectivity index is 2.13. The lowest BCUT2D eigenvalue weighted by molar-refractivity contribution is -0.277. The summed E-state index contributed by atoms with van der Waals surface area (Å²) in [7, 11) is 1.43. The fourth-order valence-corrected chi connectivity index (χ4v) is 2.58. The molecule has 1 aromatic carbocycles. The molecule has 6 N–H and O–H groups in total. The van der Waals surface area contributed by atoms with Crippen molar-refractivity contribution >= 4 is 0 Å². The van der Waals surface area contributed by atoms with Gasteiger partial charge in [-0.25, -0.2) is 0 Å². The topological polar surface area (TPSA) is 149 Å². The number of hydrogen-bond donors (Lipinski definition) is 6. The van der Waals surface area contributed by atoms with Gasteiger partial charge in [0, 0.05) is 12.5 Å². The van der Waals surface area contributed by atoms with Crippen LogP contribution in [0.15, 0.2) is 18.2 Å². The Kier molecular flexibility index (Phi) is 6.96. The second kappa shape index (κ2) is 8.77. The highest BCUT2D eigenvalue weighted by atomic mass is 16.7. The third kappa shape index (κ3) is 4.59. The lowest BCUT2D eigenvalue weighted by Crippen LogP contribution is -2.60. The molecule has 25 heavy (non-hydrogen) atoms. The maximum atomic E-state index is 9.98. The van der Waals surface area contributed by atoms with Crippen molar-refractivity contribution in [3.8, 4) is 11.5 Å². The third-order valence-corrected chi connectivity index (χ3v) is 4.03. The highest BCUT2D eigenvalue weighted by Crippen LogP contribution is 2.29. The highest BCUT2D eigenvalue weighted by molar-refractivity contribution is 5.41. The van der Waals surface area contributed by atoms with Gasteiger partial charge in [-0.3, -0.25) is 0 Å². The van der Waals surface area contributed by atoms with Crippen molar-refractivity contribution < 1.29 is 44.8 Å². The number of ether oxygens (including phenoxy) is 3. The van der Waals surface area contributed by atoms with Gasteiger partial charge in [-0.15, -0.1) is 0 Å². The molecular formula is C16H24O9. The van der Waals surface area contributed by atoms with E-state index in [9.17, 15) is 25.5 Å². The maximum absolute atomic E-state index is 9.98. The molecule has 0 saturated carbocycles. The van der Waals surface area contributed by atoms with Crippen LogP contribution in [-0.2, 0) is 11.2 Å². The van der Waals surface area contributed by atoms with Crippen molar-refractivity contribution in [3.05, 3.63) is 23.8 Å². The van der Waals surface area contributed by atoms with E-state index in [2.05, 4.69) is 0 Å². The van der Waals surface area contributed by atoms with Gasteiger partial charge in [0.15, 0.2) is 0 Å². The summed E-state index contributed by atoms with van der Waals surface area (Å²) in [5.74, 6) is 0.651. The quantitative estimate of drug-likeness (QED) is 0.318. The second-order valence-corrected chi connectivity index (χ2v) is 5.83. The van der Waals surface area contributed by atoms with Crippen LogP contribution in [0.5, 0.6) is 11.5 Å². The fraction of sp³-hybridized carbons (Fsp3) is 0.625. The summed E-state index contributed by atoms with van der Waals surface area (Å²) in [5.41, 5.74) is 0.644. The molecule has 9 nitrogen and oxygen atoms in total. The van der Waals surface area contributed by atoms with E-state index in [0.717, 1.165) is 0 Å². The average molecular weight is 360 g/mol. The second-order valence-electron chi connectivity index (χ2n) is 5.83. The first-order chi connectivity index (χ1) is 11.9. The van der Waals surface area contributed by atoms with Crippen LogP contribution >= 0.6 is 0 Å². The van der Waals surface area contributed by atoms with E-state index in [0.29, 0.717) is 11.3 Å². The third-order valence-electron chi connectivity index (χ3n) is 4.03. The molecule has 0 bridgehead atoms. The molecule has 1 aliphatic heterocycles. The molecule has 6 atom stereocenters. The molecule has 1 heterocycles. The van der Waals surface area contributed by atoms with Gasteiger partial charge in [0.25, 0.3) is 0 Å². The number of rotatable bonds is 7. The van der Waals surface area contributed by atoms with E-state index >= 15 is 0 Å². The van der Waals surface area contributed by atoms with Crippen LogP contribution in [-0.4, -0.2) is 87.8 Å². The van der Waals surface area contributed by atoms with Crippen molar-refractivity contribution in [2.75, 3.05) is 20.3 Å². The fourth-order valence-electron chi connectivity index (χ4n) is 2.58. The molecule has 0 aliphatic carbocycles. The van der Waals surface area contributed by atoms with Gasteiger partial charge < -0.3 is 44.8 Å². The van der Waals surface area contributed by atoms with E-state index in [-0.39, 0.29) is 18.8 Å². The molecule has 0 amide bonds. The van der Waals surface area contributed by atoms with E-state index in [4.69, 9.17) is 19.3 Å². The molecule has 0 aromatic heterocycles. The smallest absolute Gasteiger partial charge is 0.229 e. The van der Waals surface area contributed by atoms with Crippen LogP contribution in [0, 0.1) is 0 Å². The first-order valence-corrected chi connectivity index (χ1v) is 7.84. The van der Waals surface area contributed by atoms with Crippen LogP contribution in [0.1, 0.15) is 5.56 Å². The van der Waals surface area contributed by atoms with Crippen LogP contribution < -0.4 is 9.47 Å². The van der Waals surface area contributed by atoms with Crippen molar-refractivity contribution in [2.45, 2.75) is 43.2 Å². The SMILES string of the molecule is COc1cc(O[C@@H]2O[C@H](CO)[C@@H](O)[C@H](O)[C@H]2O)ccc1C[C@H](O)CO. The lowest BCUT2D eigenvalue weighted by Gasteiger charge is -2.39. The molecule has 1 fully saturated rings. The molecule has 1 aliphatic rings. The number of benzene rings is 1. The Morgan fingerprint density at radius 3 is 2.44 bits per heavy atom. The maximum Gasteiger partial charge on any atom is 0.229 e. The largest absolute Gasteiger partial charge is 0.496 e. The zero-order chi connectivity index (χ0) is 18.6. The van der Waals surface area contributed by atoms with Crippen LogP contribution in [0.2, 0.25) is 0 Å². The summed E-state index contributed by atoms with van der Waals surface area (Å²) >= 11 is 0. The number of aliphatic hydroxyl groups excluding tert-OH is 6. The van der Waals surface area contributed by atoms with Gasteiger partial charge in [-0.05, 0) is 11.6 Å². The Hall–Kier alpha value is -1.46. The summed E-state index contributed by atoms with van der Waals surface area (Å²) in [4.78, 5) is 0. The molecule has 0 radical (unpaired) electrons. The Bertz CT molecular complexity index is 550. The summed E-state index contributed by atoms with van der Waals surface area (Å²) in [6.07, 6.45) is -7.61. The van der Waals surface area contributed by atoms with Gasteiger partial charge in [0.05, 0.1) is 26.4 Å². The summed E-state index contributed by atoms with van der Waals surface area (Å²) in [5, 5.41) is 57.2. The standard InChI is InChI=1S/C16H24O9/c1-23-11-5-10(3-2-8(11)4-9(19)6-17)24-16-15(22)14(21)13(20)12(7-18)25-16/h2-3,5,9,12-22H,4,6-7H2,1H3/t9-,12+,13+,14-,15+,16+/m0/s1. The molecular weight excluding hydrogens is 336 g/mol. The summed E-state index contributed by atoms with van der Waals surface area (Å²) < 4.78 is 16.0. The van der Waals surface area contributed by atoms with E-state index < -0.39 is 43.4 Å². The predicted octanol–water partition coefficient (Wildman–Crippen LogP) is -2.23. The normalized spacial score (nSPS) is 30.8. The molecule has 9 heteroatoms. The van der Waals surface area contributed by atoms with Crippen molar-refractivity contribution in [3.63, 3.8) is 0 Å². The number of methoxy groups -OCH3 is 1. The summed E-state index contributed by atoms with van der Waals surface area (Å²) in [6, 6.07) is 4.67. The Labute approximate surface area is 144 Å². The zero-order valence-corrected chi connectivity index (χ0v) is 13.7. The van der Waals surface area contributed by atoms with Crippen molar-refractivity contribution in [1.82, 2.24) is 0 Å². The van der Waals surface area contributed by atoms with Gasteiger partial charge in [-0.1, -0.05) is 6.07 Å². The van der Waals surface area contributed by atoms with E-state index in [1.165, 1.54) is 13.2 Å². The Morgan fingerprint density at radius 2 is 1.84 bits per heavy atom. The minimum atomic E-state index is -1.53. The first kappa shape index (κ1) is 19.9. The van der Waals surface area contributed by atoms with Crippen LogP contribution in [0.3, 0.4) is 0 Å². The van der Waals surface area contributed by atoms with Gasteiger partial charge in [-0.2, -0.15) is 0 Å². The van der Waals surface area contributed by atoms with Crippen molar-refractivity contribution in [1.29, 1.82) is 0 Å². The molecule has 2 rings (SSSR count). The molecule has 142 valence electrons. The lowest BCUT2D eigenvalue weighted by atomic mass is 9.99. The zero-order valence-electron chi connectivity index (χ0n) is 13.7. The minimum absolute atomic E-state index is 0.181. The first-order valence-electron chi connectivity index (χ1n) is 7.84. The number of aliphatic hydroxyl groups is 6. The monoisotopic (exact) mass is 360 g/mol. The minimum Gasteiger partial charge on any atom is -0.496 e. The predicted molar refractivity (Wildman–Crippen MR) is 84.2 cm³/mol. The molecule has 1 saturated heterocycles. The number of hydrogen-bond acceptors (Lipinski definition) is 9. The van der Waals surface area contributed by atoms with Gasteiger partial charge in [0.2, 0.25) is 6.29 Å². The molecule has 1 aromatic rings. The average Bonchev–Trinajstić information content (AvgIpc) is 2.63. The molecule has 0 spiro atoms. The summed E-state index contributed by atoms with van der Waals surface area (Å²) in [6.45, 7) is -0.932. The van der Waals surface area contributed by atoms with Gasteiger partial charge in [0.1, 0.15) is 35.9 Å². The highest BCUT2D eigenvalue weighted by Gasteiger charge is 2.44. The molecule has 0 unspecified atom stereocenters. The van der Waals surface area contributed by atoms with Crippen LogP contribution in [0.4, 0.5) is 0 Å². The van der Waals surface area contributed by atoms with Crippen molar-refractivity contribution in [2.24, 2.45) is 0 Å². The Morgan fingerprint density at radius 1 is 1.12 bits per heavy atom. The van der Waals surface area contributed by atoms with E-state index in [1.807, 2.05) is 0 Å².